The van der Waals surface area contributed by atoms with Crippen molar-refractivity contribution < 1.29 is 19.1 Å². The second kappa shape index (κ2) is 13.1. The van der Waals surface area contributed by atoms with E-state index in [1.165, 1.54) is 56.6 Å². The fourth-order valence-electron chi connectivity index (χ4n) is 4.56. The Bertz CT molecular complexity index is 739. The van der Waals surface area contributed by atoms with E-state index in [0.29, 0.717) is 11.5 Å². The molecule has 1 aliphatic carbocycles. The lowest BCUT2D eigenvalue weighted by molar-refractivity contribution is -0.146. The number of benzene rings is 1. The third-order valence-electron chi connectivity index (χ3n) is 6.35. The minimum Gasteiger partial charge on any atom is -0.459 e. The van der Waals surface area contributed by atoms with Gasteiger partial charge in [0.05, 0.1) is 0 Å². The Morgan fingerprint density at radius 1 is 1.06 bits per heavy atom. The van der Waals surface area contributed by atoms with Crippen molar-refractivity contribution in [3.8, 4) is 0 Å². The zero-order valence-electron chi connectivity index (χ0n) is 19.4. The summed E-state index contributed by atoms with van der Waals surface area (Å²) < 4.78 is 9.92. The van der Waals surface area contributed by atoms with Gasteiger partial charge in [-0.3, -0.25) is 0 Å². The highest BCUT2D eigenvalue weighted by Gasteiger charge is 2.26. The molecule has 0 heterocycles. The van der Waals surface area contributed by atoms with Gasteiger partial charge in [-0.2, -0.15) is 0 Å². The van der Waals surface area contributed by atoms with E-state index in [0.717, 1.165) is 17.4 Å². The molecule has 4 nitrogen and oxygen atoms in total. The van der Waals surface area contributed by atoms with E-state index in [-0.39, 0.29) is 13.2 Å². The fraction of sp³-hybridized carbons (Fsp3) is 0.556. The first-order chi connectivity index (χ1) is 14.9. The summed E-state index contributed by atoms with van der Waals surface area (Å²) in [5.41, 5.74) is 2.70. The van der Waals surface area contributed by atoms with Gasteiger partial charge in [0.1, 0.15) is 13.2 Å². The number of carbonyl (C=O) groups excluding carboxylic acids is 2. The number of esters is 2. The highest BCUT2D eigenvalue weighted by molar-refractivity contribution is 5.87. The van der Waals surface area contributed by atoms with Crippen molar-refractivity contribution in [1.82, 2.24) is 0 Å². The highest BCUT2D eigenvalue weighted by Crippen LogP contribution is 2.40. The molecule has 0 radical (unpaired) electrons. The van der Waals surface area contributed by atoms with Gasteiger partial charge in [-0.1, -0.05) is 64.0 Å². The Labute approximate surface area is 187 Å². The number of rotatable bonds is 11. The van der Waals surface area contributed by atoms with Gasteiger partial charge in [-0.15, -0.1) is 0 Å². The van der Waals surface area contributed by atoms with Crippen LogP contribution in [-0.4, -0.2) is 25.2 Å². The van der Waals surface area contributed by atoms with Gasteiger partial charge in [0.25, 0.3) is 0 Å². The van der Waals surface area contributed by atoms with Crippen LogP contribution in [0.4, 0.5) is 0 Å². The van der Waals surface area contributed by atoms with Crippen molar-refractivity contribution in [2.75, 3.05) is 13.2 Å². The summed E-state index contributed by atoms with van der Waals surface area (Å²) in [5, 5.41) is 0. The maximum atomic E-state index is 11.8. The van der Waals surface area contributed by atoms with Gasteiger partial charge < -0.3 is 9.47 Å². The molecule has 0 bridgehead atoms. The lowest BCUT2D eigenvalue weighted by Crippen LogP contribution is -2.20. The first kappa shape index (κ1) is 24.9. The minimum atomic E-state index is -0.480. The summed E-state index contributed by atoms with van der Waals surface area (Å²) in [6.07, 6.45) is 12.4. The van der Waals surface area contributed by atoms with E-state index in [4.69, 9.17) is 9.47 Å². The molecule has 170 valence electrons. The third kappa shape index (κ3) is 8.35. The average Bonchev–Trinajstić information content (AvgIpc) is 2.79. The van der Waals surface area contributed by atoms with Crippen molar-refractivity contribution in [3.63, 3.8) is 0 Å². The molecule has 1 aliphatic rings. The smallest absolute Gasteiger partial charge is 0.333 e. The zero-order chi connectivity index (χ0) is 22.6. The van der Waals surface area contributed by atoms with Gasteiger partial charge in [-0.05, 0) is 67.6 Å². The van der Waals surface area contributed by atoms with Crippen LogP contribution in [0, 0.1) is 11.8 Å². The molecule has 1 fully saturated rings. The molecule has 1 atom stereocenters. The molecule has 0 spiro atoms. The number of carbonyl (C=O) groups is 2. The largest absolute Gasteiger partial charge is 0.459 e. The van der Waals surface area contributed by atoms with Gasteiger partial charge in [0, 0.05) is 11.6 Å². The third-order valence-corrected chi connectivity index (χ3v) is 6.35. The molecule has 31 heavy (non-hydrogen) atoms. The molecule has 0 amide bonds. The molecule has 0 saturated heterocycles. The van der Waals surface area contributed by atoms with Crippen molar-refractivity contribution in [2.45, 2.75) is 71.6 Å². The topological polar surface area (TPSA) is 52.6 Å². The average molecular weight is 427 g/mol. The van der Waals surface area contributed by atoms with Crippen LogP contribution >= 0.6 is 0 Å². The SMILES string of the molecule is C=C(C)C(=O)OCCOC(=O)/C=C/c1ccc(C2CCC(C(CC)CCC)CC2)cc1. The van der Waals surface area contributed by atoms with Crippen molar-refractivity contribution in [3.05, 3.63) is 53.6 Å². The Morgan fingerprint density at radius 3 is 2.29 bits per heavy atom. The monoisotopic (exact) mass is 426 g/mol. The summed E-state index contributed by atoms with van der Waals surface area (Å²) in [7, 11) is 0. The molecule has 1 aromatic rings. The van der Waals surface area contributed by atoms with Crippen molar-refractivity contribution in [1.29, 1.82) is 0 Å². The normalized spacial score (nSPS) is 19.7. The Morgan fingerprint density at radius 2 is 1.71 bits per heavy atom. The second-order valence-corrected chi connectivity index (χ2v) is 8.65. The standard InChI is InChI=1S/C27H38O4/c1-5-7-22(6-2)23-13-15-25(16-14-23)24-11-8-21(9-12-24)10-17-26(28)30-18-19-31-27(29)20(3)4/h8-12,17,22-23,25H,3,5-7,13-16,18-19H2,1-2,4H3/b17-10+. The van der Waals surface area contributed by atoms with Crippen molar-refractivity contribution in [2.24, 2.45) is 11.8 Å². The second-order valence-electron chi connectivity index (χ2n) is 8.65. The molecule has 0 N–H and O–H groups in total. The Hall–Kier alpha value is -2.36. The predicted molar refractivity (Wildman–Crippen MR) is 126 cm³/mol. The van der Waals surface area contributed by atoms with Crippen LogP contribution in [0.5, 0.6) is 0 Å². The fourth-order valence-corrected chi connectivity index (χ4v) is 4.56. The van der Waals surface area contributed by atoms with Crippen LogP contribution < -0.4 is 0 Å². The van der Waals surface area contributed by atoms with Crippen LogP contribution in [-0.2, 0) is 19.1 Å². The molecule has 1 saturated carbocycles. The summed E-state index contributed by atoms with van der Waals surface area (Å²) in [6, 6.07) is 8.50. The van der Waals surface area contributed by atoms with E-state index in [1.807, 2.05) is 0 Å². The maximum Gasteiger partial charge on any atom is 0.333 e. The number of ether oxygens (including phenoxy) is 2. The zero-order valence-corrected chi connectivity index (χ0v) is 19.4. The van der Waals surface area contributed by atoms with Crippen LogP contribution in [0.15, 0.2) is 42.5 Å². The molecule has 0 aliphatic heterocycles. The van der Waals surface area contributed by atoms with Crippen LogP contribution in [0.1, 0.15) is 82.8 Å². The number of hydrogen-bond acceptors (Lipinski definition) is 4. The summed E-state index contributed by atoms with van der Waals surface area (Å²) in [4.78, 5) is 23.0. The molecule has 4 heteroatoms. The Balaban J connectivity index is 1.76. The molecular weight excluding hydrogens is 388 g/mol. The summed E-state index contributed by atoms with van der Waals surface area (Å²) in [5.74, 6) is 1.52. The summed E-state index contributed by atoms with van der Waals surface area (Å²) in [6.45, 7) is 9.76. The molecule has 1 aromatic carbocycles. The van der Waals surface area contributed by atoms with Gasteiger partial charge in [-0.25, -0.2) is 9.59 Å². The van der Waals surface area contributed by atoms with E-state index < -0.39 is 11.9 Å². The number of hydrogen-bond donors (Lipinski definition) is 0. The van der Waals surface area contributed by atoms with E-state index >= 15 is 0 Å². The molecular formula is C27H38O4. The first-order valence-electron chi connectivity index (χ1n) is 11.7. The van der Waals surface area contributed by atoms with E-state index in [2.05, 4.69) is 44.7 Å². The molecule has 1 unspecified atom stereocenters. The predicted octanol–water partition coefficient (Wildman–Crippen LogP) is 6.46. The molecule has 2 rings (SSSR count). The highest BCUT2D eigenvalue weighted by atomic mass is 16.6. The minimum absolute atomic E-state index is 0.0274. The van der Waals surface area contributed by atoms with E-state index in [9.17, 15) is 9.59 Å². The van der Waals surface area contributed by atoms with Crippen LogP contribution in [0.25, 0.3) is 6.08 Å². The van der Waals surface area contributed by atoms with E-state index in [1.54, 1.807) is 13.0 Å². The lowest BCUT2D eigenvalue weighted by atomic mass is 9.72. The van der Waals surface area contributed by atoms with Gasteiger partial charge in [0.15, 0.2) is 0 Å². The van der Waals surface area contributed by atoms with Gasteiger partial charge >= 0.3 is 11.9 Å². The van der Waals surface area contributed by atoms with Crippen LogP contribution in [0.2, 0.25) is 0 Å². The van der Waals surface area contributed by atoms with Crippen molar-refractivity contribution >= 4 is 18.0 Å². The summed E-state index contributed by atoms with van der Waals surface area (Å²) >= 11 is 0. The maximum absolute atomic E-state index is 11.8. The lowest BCUT2D eigenvalue weighted by Gasteiger charge is -2.33. The van der Waals surface area contributed by atoms with Crippen LogP contribution in [0.3, 0.4) is 0 Å². The quantitative estimate of drug-likeness (QED) is 0.231. The van der Waals surface area contributed by atoms with Gasteiger partial charge in [0.2, 0.25) is 0 Å². The Kier molecular flexibility index (Phi) is 10.6. The first-order valence-corrected chi connectivity index (χ1v) is 11.7. The molecule has 0 aromatic heterocycles.